The molecule has 0 bridgehead atoms. The van der Waals surface area contributed by atoms with Crippen molar-refractivity contribution in [2.75, 3.05) is 0 Å². The van der Waals surface area contributed by atoms with E-state index in [0.717, 1.165) is 0 Å². The lowest BCUT2D eigenvalue weighted by Crippen LogP contribution is -2.06. The second kappa shape index (κ2) is 3.44. The highest BCUT2D eigenvalue weighted by Crippen LogP contribution is 2.10. The molecule has 11 heavy (non-hydrogen) atoms. The van der Waals surface area contributed by atoms with E-state index >= 15 is 0 Å². The molecule has 0 aliphatic rings. The Morgan fingerprint density at radius 3 is 2.27 bits per heavy atom. The highest BCUT2D eigenvalue weighted by atomic mass is 19.1. The lowest BCUT2D eigenvalue weighted by Gasteiger charge is -2.01. The van der Waals surface area contributed by atoms with Crippen molar-refractivity contribution >= 4 is 0 Å². The smallest absolute Gasteiger partial charge is 0.130 e. The third kappa shape index (κ3) is 1.74. The lowest BCUT2D eigenvalue weighted by molar-refractivity contribution is 0.549. The predicted molar refractivity (Wildman–Crippen MR) is 37.5 cm³/mol. The van der Waals surface area contributed by atoms with Gasteiger partial charge in [0.1, 0.15) is 11.6 Å². The second-order valence-electron chi connectivity index (χ2n) is 2.08. The van der Waals surface area contributed by atoms with Gasteiger partial charge < -0.3 is 5.32 Å². The fourth-order valence-corrected chi connectivity index (χ4v) is 0.803. The Bertz CT molecular complexity index is 228. The third-order valence-corrected chi connectivity index (χ3v) is 1.34. The van der Waals surface area contributed by atoms with Crippen molar-refractivity contribution in [1.29, 1.82) is 0 Å². The molecule has 3 heteroatoms. The van der Waals surface area contributed by atoms with Crippen LogP contribution < -0.4 is 5.32 Å². The van der Waals surface area contributed by atoms with Crippen LogP contribution in [0, 0.1) is 18.7 Å². The van der Waals surface area contributed by atoms with E-state index in [-0.39, 0.29) is 12.1 Å². The fraction of sp³-hybridized carbons (Fsp3) is 0.125. The summed E-state index contributed by atoms with van der Waals surface area (Å²) >= 11 is 0. The summed E-state index contributed by atoms with van der Waals surface area (Å²) in [5, 5.41) is 2.19. The van der Waals surface area contributed by atoms with Gasteiger partial charge >= 0.3 is 0 Å². The maximum Gasteiger partial charge on any atom is 0.130 e. The molecule has 0 saturated heterocycles. The molecule has 0 fully saturated rings. The van der Waals surface area contributed by atoms with Gasteiger partial charge in [0.15, 0.2) is 0 Å². The van der Waals surface area contributed by atoms with E-state index in [9.17, 15) is 8.78 Å². The molecule has 0 saturated carbocycles. The molecule has 0 aromatic heterocycles. The van der Waals surface area contributed by atoms with Gasteiger partial charge in [-0.3, -0.25) is 0 Å². The minimum Gasteiger partial charge on any atom is -0.307 e. The number of nitrogens with one attached hydrogen (secondary N) is 1. The SMILES string of the molecule is [CH]NCc1c(F)cccc1F. The van der Waals surface area contributed by atoms with Crippen molar-refractivity contribution in [3.63, 3.8) is 0 Å². The molecule has 0 spiro atoms. The maximum absolute atomic E-state index is 12.7. The Kier molecular flexibility index (Phi) is 2.54. The zero-order valence-electron chi connectivity index (χ0n) is 5.77. The van der Waals surface area contributed by atoms with Crippen LogP contribution in [0.1, 0.15) is 5.56 Å². The van der Waals surface area contributed by atoms with Crippen LogP contribution in [-0.4, -0.2) is 0 Å². The molecule has 1 nitrogen and oxygen atoms in total. The molecule has 58 valence electrons. The van der Waals surface area contributed by atoms with Crippen LogP contribution in [0.4, 0.5) is 8.78 Å². The molecule has 0 aliphatic carbocycles. The van der Waals surface area contributed by atoms with Crippen LogP contribution in [0.2, 0.25) is 0 Å². The second-order valence-corrected chi connectivity index (χ2v) is 2.08. The molecule has 0 unspecified atom stereocenters. The van der Waals surface area contributed by atoms with Crippen LogP contribution >= 0.6 is 0 Å². The van der Waals surface area contributed by atoms with Crippen LogP contribution in [0.3, 0.4) is 0 Å². The molecule has 1 aromatic carbocycles. The Hall–Kier alpha value is -0.960. The van der Waals surface area contributed by atoms with Gasteiger partial charge in [0, 0.05) is 19.2 Å². The molecule has 2 radical (unpaired) electrons. The zero-order chi connectivity index (χ0) is 8.27. The first-order valence-electron chi connectivity index (χ1n) is 3.12. The van der Waals surface area contributed by atoms with Gasteiger partial charge in [-0.05, 0) is 12.1 Å². The zero-order valence-corrected chi connectivity index (χ0v) is 5.77. The lowest BCUT2D eigenvalue weighted by atomic mass is 10.2. The summed E-state index contributed by atoms with van der Waals surface area (Å²) in [7, 11) is 4.91. The largest absolute Gasteiger partial charge is 0.307 e. The number of rotatable bonds is 2. The van der Waals surface area contributed by atoms with Gasteiger partial charge in [0.2, 0.25) is 0 Å². The quantitative estimate of drug-likeness (QED) is 0.641. The molecule has 0 aliphatic heterocycles. The van der Waals surface area contributed by atoms with Gasteiger partial charge in [-0.2, -0.15) is 0 Å². The van der Waals surface area contributed by atoms with E-state index in [0.29, 0.717) is 0 Å². The molecular weight excluding hydrogens is 148 g/mol. The summed E-state index contributed by atoms with van der Waals surface area (Å²) in [5.41, 5.74) is -0.0324. The average Bonchev–Trinajstić information content (AvgIpc) is 1.97. The Balaban J connectivity index is 3.00. The Morgan fingerprint density at radius 2 is 1.82 bits per heavy atom. The highest BCUT2D eigenvalue weighted by Gasteiger charge is 2.05. The molecule has 0 heterocycles. The summed E-state index contributed by atoms with van der Waals surface area (Å²) in [6.45, 7) is -0.00148. The molecule has 1 rings (SSSR count). The van der Waals surface area contributed by atoms with Crippen molar-refractivity contribution in [2.45, 2.75) is 6.54 Å². The van der Waals surface area contributed by atoms with E-state index in [1.165, 1.54) is 18.2 Å². The number of hydrogen-bond acceptors (Lipinski definition) is 1. The molecule has 1 N–H and O–H groups in total. The minimum atomic E-state index is -0.581. The van der Waals surface area contributed by atoms with E-state index in [4.69, 9.17) is 7.05 Å². The monoisotopic (exact) mass is 155 g/mol. The Labute approximate surface area is 64.0 Å². The highest BCUT2D eigenvalue weighted by molar-refractivity contribution is 5.19. The molecule has 0 amide bonds. The molecule has 0 atom stereocenters. The normalized spacial score (nSPS) is 10.1. The van der Waals surface area contributed by atoms with Crippen LogP contribution in [0.15, 0.2) is 18.2 Å². The van der Waals surface area contributed by atoms with E-state index in [1.807, 2.05) is 0 Å². The molecular formula is C8H7F2N. The predicted octanol–water partition coefficient (Wildman–Crippen LogP) is 1.72. The van der Waals surface area contributed by atoms with Crippen LogP contribution in [0.5, 0.6) is 0 Å². The summed E-state index contributed by atoms with van der Waals surface area (Å²) in [4.78, 5) is 0. The summed E-state index contributed by atoms with van der Waals surface area (Å²) < 4.78 is 25.4. The van der Waals surface area contributed by atoms with Crippen molar-refractivity contribution in [2.24, 2.45) is 0 Å². The summed E-state index contributed by atoms with van der Waals surface area (Å²) in [6, 6.07) is 3.69. The molecule has 1 aromatic rings. The van der Waals surface area contributed by atoms with Crippen molar-refractivity contribution in [1.82, 2.24) is 5.32 Å². The summed E-state index contributed by atoms with van der Waals surface area (Å²) in [5.74, 6) is -1.16. The maximum atomic E-state index is 12.7. The summed E-state index contributed by atoms with van der Waals surface area (Å²) in [6.07, 6.45) is 0. The van der Waals surface area contributed by atoms with E-state index in [2.05, 4.69) is 5.32 Å². The van der Waals surface area contributed by atoms with Gasteiger partial charge in [0.25, 0.3) is 0 Å². The van der Waals surface area contributed by atoms with Crippen molar-refractivity contribution in [3.8, 4) is 0 Å². The van der Waals surface area contributed by atoms with Crippen molar-refractivity contribution in [3.05, 3.63) is 42.4 Å². The van der Waals surface area contributed by atoms with Gasteiger partial charge in [-0.15, -0.1) is 0 Å². The van der Waals surface area contributed by atoms with E-state index < -0.39 is 11.6 Å². The number of halogens is 2. The average molecular weight is 155 g/mol. The van der Waals surface area contributed by atoms with Crippen LogP contribution in [0.25, 0.3) is 0 Å². The fourth-order valence-electron chi connectivity index (χ4n) is 0.803. The first-order valence-corrected chi connectivity index (χ1v) is 3.12. The Morgan fingerprint density at radius 1 is 1.27 bits per heavy atom. The minimum absolute atomic E-state index is 0.00148. The van der Waals surface area contributed by atoms with Gasteiger partial charge in [-0.1, -0.05) is 6.07 Å². The van der Waals surface area contributed by atoms with Crippen LogP contribution in [-0.2, 0) is 6.54 Å². The third-order valence-electron chi connectivity index (χ3n) is 1.34. The number of hydrogen-bond donors (Lipinski definition) is 1. The standard InChI is InChI=1S/C8H7F2N/c1-11-5-6-7(9)3-2-4-8(6)10/h1-4,11H,5H2. The number of benzene rings is 1. The van der Waals surface area contributed by atoms with Gasteiger partial charge in [-0.25, -0.2) is 8.78 Å². The van der Waals surface area contributed by atoms with Gasteiger partial charge in [0.05, 0.1) is 0 Å². The van der Waals surface area contributed by atoms with Crippen molar-refractivity contribution < 1.29 is 8.78 Å². The topological polar surface area (TPSA) is 12.0 Å². The van der Waals surface area contributed by atoms with E-state index in [1.54, 1.807) is 0 Å². The first kappa shape index (κ1) is 8.14. The first-order chi connectivity index (χ1) is 5.25.